The van der Waals surface area contributed by atoms with Crippen LogP contribution in [-0.2, 0) is 14.1 Å². The third-order valence-electron chi connectivity index (χ3n) is 3.07. The standard InChI is InChI=1S/C12H15N7OS/c1-17-4-5-19-11(17)9(7-15-19)10(20)13-3-6-21-12-16-14-8-18(12)2/h4-5,7-8H,3,6H2,1-2H3,(H,13,20). The van der Waals surface area contributed by atoms with Crippen LogP contribution in [0.5, 0.6) is 0 Å². The van der Waals surface area contributed by atoms with Crippen molar-refractivity contribution in [2.75, 3.05) is 12.3 Å². The largest absolute Gasteiger partial charge is 0.351 e. The first-order valence-corrected chi connectivity index (χ1v) is 7.39. The van der Waals surface area contributed by atoms with E-state index in [-0.39, 0.29) is 5.91 Å². The summed E-state index contributed by atoms with van der Waals surface area (Å²) in [5.41, 5.74) is 1.36. The van der Waals surface area contributed by atoms with E-state index in [1.807, 2.05) is 35.6 Å². The van der Waals surface area contributed by atoms with Crippen LogP contribution >= 0.6 is 11.8 Å². The first kappa shape index (κ1) is 13.7. The molecule has 0 fully saturated rings. The Balaban J connectivity index is 1.57. The summed E-state index contributed by atoms with van der Waals surface area (Å²) in [6.45, 7) is 0.554. The third-order valence-corrected chi connectivity index (χ3v) is 4.10. The maximum Gasteiger partial charge on any atom is 0.256 e. The van der Waals surface area contributed by atoms with Gasteiger partial charge in [-0.25, -0.2) is 4.52 Å². The number of nitrogens with one attached hydrogen (secondary N) is 1. The van der Waals surface area contributed by atoms with E-state index >= 15 is 0 Å². The molecule has 0 aliphatic carbocycles. The number of aromatic nitrogens is 6. The Bertz CT molecular complexity index is 772. The Kier molecular flexibility index (Phi) is 3.65. The molecule has 1 amide bonds. The van der Waals surface area contributed by atoms with Gasteiger partial charge in [0.1, 0.15) is 17.5 Å². The number of aryl methyl sites for hydroxylation is 2. The van der Waals surface area contributed by atoms with Gasteiger partial charge in [0.2, 0.25) is 0 Å². The fraction of sp³-hybridized carbons (Fsp3) is 0.333. The lowest BCUT2D eigenvalue weighted by Gasteiger charge is -2.04. The topological polar surface area (TPSA) is 82.0 Å². The van der Waals surface area contributed by atoms with Gasteiger partial charge >= 0.3 is 0 Å². The van der Waals surface area contributed by atoms with Crippen LogP contribution in [0.3, 0.4) is 0 Å². The molecule has 1 N–H and O–H groups in total. The third kappa shape index (κ3) is 2.64. The van der Waals surface area contributed by atoms with Crippen LogP contribution in [0.1, 0.15) is 10.4 Å². The van der Waals surface area contributed by atoms with Crippen LogP contribution < -0.4 is 5.32 Å². The molecule has 0 bridgehead atoms. The Morgan fingerprint density at radius 3 is 2.95 bits per heavy atom. The number of hydrogen-bond donors (Lipinski definition) is 1. The predicted octanol–water partition coefficient (Wildman–Crippen LogP) is 0.323. The number of nitrogens with zero attached hydrogens (tertiary/aromatic N) is 6. The first-order chi connectivity index (χ1) is 10.2. The Morgan fingerprint density at radius 2 is 2.19 bits per heavy atom. The van der Waals surface area contributed by atoms with E-state index in [0.29, 0.717) is 12.1 Å². The molecule has 3 aromatic rings. The maximum absolute atomic E-state index is 12.2. The molecule has 8 nitrogen and oxygen atoms in total. The van der Waals surface area contributed by atoms with Gasteiger partial charge < -0.3 is 14.5 Å². The number of fused-ring (bicyclic) bond motifs is 1. The van der Waals surface area contributed by atoms with Crippen molar-refractivity contribution in [3.05, 3.63) is 30.5 Å². The van der Waals surface area contributed by atoms with Crippen molar-refractivity contribution in [1.82, 2.24) is 34.3 Å². The quantitative estimate of drug-likeness (QED) is 0.542. The molecule has 0 aromatic carbocycles. The lowest BCUT2D eigenvalue weighted by Crippen LogP contribution is -2.26. The Hall–Kier alpha value is -2.29. The highest BCUT2D eigenvalue weighted by atomic mass is 32.2. The Morgan fingerprint density at radius 1 is 1.33 bits per heavy atom. The van der Waals surface area contributed by atoms with E-state index in [9.17, 15) is 4.79 Å². The van der Waals surface area contributed by atoms with E-state index in [4.69, 9.17) is 0 Å². The summed E-state index contributed by atoms with van der Waals surface area (Å²) >= 11 is 1.55. The second-order valence-electron chi connectivity index (χ2n) is 4.56. The maximum atomic E-state index is 12.2. The van der Waals surface area contributed by atoms with Crippen LogP contribution in [0.25, 0.3) is 5.65 Å². The number of carbonyl (C=O) groups excluding carboxylic acids is 1. The van der Waals surface area contributed by atoms with Gasteiger partial charge in [0, 0.05) is 38.8 Å². The molecular weight excluding hydrogens is 290 g/mol. The second kappa shape index (κ2) is 5.60. The molecule has 0 atom stereocenters. The van der Waals surface area contributed by atoms with Gasteiger partial charge in [0.15, 0.2) is 5.16 Å². The number of imidazole rings is 1. The highest BCUT2D eigenvalue weighted by molar-refractivity contribution is 7.99. The van der Waals surface area contributed by atoms with E-state index in [1.54, 1.807) is 28.8 Å². The van der Waals surface area contributed by atoms with Gasteiger partial charge in [-0.15, -0.1) is 10.2 Å². The van der Waals surface area contributed by atoms with E-state index in [0.717, 1.165) is 16.6 Å². The zero-order valence-corrected chi connectivity index (χ0v) is 12.5. The van der Waals surface area contributed by atoms with Crippen molar-refractivity contribution < 1.29 is 4.79 Å². The van der Waals surface area contributed by atoms with E-state index in [2.05, 4.69) is 20.6 Å². The minimum absolute atomic E-state index is 0.120. The zero-order valence-electron chi connectivity index (χ0n) is 11.7. The molecule has 0 spiro atoms. The molecule has 0 aliphatic heterocycles. The van der Waals surface area contributed by atoms with Crippen LogP contribution in [0.4, 0.5) is 0 Å². The predicted molar refractivity (Wildman–Crippen MR) is 78.2 cm³/mol. The fourth-order valence-corrected chi connectivity index (χ4v) is 2.76. The first-order valence-electron chi connectivity index (χ1n) is 6.40. The van der Waals surface area contributed by atoms with Crippen LogP contribution in [0.15, 0.2) is 30.1 Å². The van der Waals surface area contributed by atoms with E-state index in [1.165, 1.54) is 0 Å². The molecule has 0 unspecified atom stereocenters. The van der Waals surface area contributed by atoms with Gasteiger partial charge in [0.05, 0.1) is 6.20 Å². The van der Waals surface area contributed by atoms with Crippen molar-refractivity contribution in [3.63, 3.8) is 0 Å². The SMILES string of the molecule is Cn1cnnc1SCCNC(=O)c1cnn2ccn(C)c12. The number of amides is 1. The van der Waals surface area contributed by atoms with E-state index < -0.39 is 0 Å². The highest BCUT2D eigenvalue weighted by Crippen LogP contribution is 2.13. The molecule has 21 heavy (non-hydrogen) atoms. The summed E-state index contributed by atoms with van der Waals surface area (Å²) in [5.74, 6) is 0.612. The fourth-order valence-electron chi connectivity index (χ4n) is 2.02. The molecule has 0 saturated heterocycles. The van der Waals surface area contributed by atoms with Crippen molar-refractivity contribution in [2.45, 2.75) is 5.16 Å². The molecule has 3 heterocycles. The van der Waals surface area contributed by atoms with Crippen molar-refractivity contribution in [2.24, 2.45) is 14.1 Å². The normalized spacial score (nSPS) is 11.1. The molecule has 0 aliphatic rings. The molecule has 110 valence electrons. The summed E-state index contributed by atoms with van der Waals surface area (Å²) < 4.78 is 5.40. The summed E-state index contributed by atoms with van der Waals surface area (Å²) in [4.78, 5) is 12.2. The average molecular weight is 305 g/mol. The number of carbonyl (C=O) groups is 1. The molecule has 9 heteroatoms. The van der Waals surface area contributed by atoms with Crippen molar-refractivity contribution in [3.8, 4) is 0 Å². The van der Waals surface area contributed by atoms with Crippen molar-refractivity contribution >= 4 is 23.3 Å². The zero-order chi connectivity index (χ0) is 14.8. The molecule has 0 saturated carbocycles. The van der Waals surface area contributed by atoms with Crippen molar-refractivity contribution in [1.29, 1.82) is 0 Å². The number of thioether (sulfide) groups is 1. The lowest BCUT2D eigenvalue weighted by atomic mass is 10.3. The minimum atomic E-state index is -0.120. The summed E-state index contributed by atoms with van der Waals surface area (Å²) in [6.07, 6.45) is 6.92. The van der Waals surface area contributed by atoms with Crippen LogP contribution in [-0.4, -0.2) is 47.2 Å². The minimum Gasteiger partial charge on any atom is -0.351 e. The summed E-state index contributed by atoms with van der Waals surface area (Å²) in [6, 6.07) is 0. The second-order valence-corrected chi connectivity index (χ2v) is 5.63. The molecule has 3 aromatic heterocycles. The van der Waals surface area contributed by atoms with Gasteiger partial charge in [-0.05, 0) is 0 Å². The molecule has 0 radical (unpaired) electrons. The van der Waals surface area contributed by atoms with Gasteiger partial charge in [0.25, 0.3) is 5.91 Å². The Labute approximate surface area is 125 Å². The highest BCUT2D eigenvalue weighted by Gasteiger charge is 2.14. The molecular formula is C12H15N7OS. The van der Waals surface area contributed by atoms with Gasteiger partial charge in [-0.3, -0.25) is 4.79 Å². The van der Waals surface area contributed by atoms with Crippen LogP contribution in [0, 0.1) is 0 Å². The monoisotopic (exact) mass is 305 g/mol. The number of rotatable bonds is 5. The lowest BCUT2D eigenvalue weighted by molar-refractivity contribution is 0.0957. The number of hydrogen-bond acceptors (Lipinski definition) is 5. The average Bonchev–Trinajstić information content (AvgIpc) is 3.14. The van der Waals surface area contributed by atoms with Crippen LogP contribution in [0.2, 0.25) is 0 Å². The van der Waals surface area contributed by atoms with Gasteiger partial charge in [-0.1, -0.05) is 11.8 Å². The summed E-state index contributed by atoms with van der Waals surface area (Å²) in [5, 5.41) is 15.7. The molecule has 3 rings (SSSR count). The van der Waals surface area contributed by atoms with Gasteiger partial charge in [-0.2, -0.15) is 5.10 Å². The smallest absolute Gasteiger partial charge is 0.256 e. The summed E-state index contributed by atoms with van der Waals surface area (Å²) in [7, 11) is 3.78.